The molecule has 0 radical (unpaired) electrons. The third-order valence-corrected chi connectivity index (χ3v) is 10.4. The maximum Gasteiger partial charge on any atom is 2.00 e. The fourth-order valence-electron chi connectivity index (χ4n) is 7.41. The topological polar surface area (TPSA) is 54.0 Å². The molecule has 9 rings (SSSR count). The van der Waals surface area contributed by atoms with Crippen molar-refractivity contribution in [3.8, 4) is 44.5 Å². The van der Waals surface area contributed by atoms with Crippen molar-refractivity contribution in [3.63, 3.8) is 0 Å². The quantitative estimate of drug-likeness (QED) is 0.0763. The third kappa shape index (κ3) is 7.01. The van der Waals surface area contributed by atoms with E-state index >= 15 is 35.1 Å². The average molecular weight is 1040 g/mol. The number of hydrogen-bond donors (Lipinski definition) is 0. The summed E-state index contributed by atoms with van der Waals surface area (Å²) in [6.07, 6.45) is 2.26. The van der Waals surface area contributed by atoms with Gasteiger partial charge in [-0.25, -0.2) is 97.8 Å². The number of fused-ring (bicyclic) bond motifs is 8. The van der Waals surface area contributed by atoms with Gasteiger partial charge >= 0.3 is 19.5 Å². The molecule has 0 unspecified atom stereocenters. The zero-order valence-corrected chi connectivity index (χ0v) is 35.6. The Bertz CT molecular complexity index is 3120. The Labute approximate surface area is 380 Å². The van der Waals surface area contributed by atoms with Crippen LogP contribution < -0.4 is 9.97 Å². The second-order valence-electron chi connectivity index (χ2n) is 14.1. The normalized spacial score (nSPS) is 12.1. The summed E-state index contributed by atoms with van der Waals surface area (Å²) in [4.78, 5) is 15.6. The molecule has 7 aromatic rings. The van der Waals surface area contributed by atoms with Crippen LogP contribution in [0.25, 0.3) is 90.9 Å². The van der Waals surface area contributed by atoms with Gasteiger partial charge in [-0.2, -0.15) is 0 Å². The minimum Gasteiger partial charge on any atom is -0.657 e. The van der Waals surface area contributed by atoms with Crippen molar-refractivity contribution in [2.45, 2.75) is 0 Å². The summed E-state index contributed by atoms with van der Waals surface area (Å²) >= 11 is 0. The van der Waals surface area contributed by atoms with E-state index in [0.29, 0.717) is 48.6 Å². The zero-order chi connectivity index (χ0) is 49.3. The summed E-state index contributed by atoms with van der Waals surface area (Å²) in [6.45, 7) is 0. The summed E-state index contributed by atoms with van der Waals surface area (Å²) in [7, 11) is 0. The van der Waals surface area contributed by atoms with E-state index in [4.69, 9.17) is 0 Å². The fourth-order valence-corrected chi connectivity index (χ4v) is 7.41. The molecule has 8 bridgehead atoms. The molecule has 25 heteroatoms. The summed E-state index contributed by atoms with van der Waals surface area (Å²) in [5.74, 6) is -53.1. The van der Waals surface area contributed by atoms with Gasteiger partial charge in [-0.3, -0.25) is 0 Å². The zero-order valence-electron chi connectivity index (χ0n) is 32.7. The van der Waals surface area contributed by atoms with Crippen molar-refractivity contribution in [2.24, 2.45) is 0 Å². The molecule has 69 heavy (non-hydrogen) atoms. The summed E-state index contributed by atoms with van der Waals surface area (Å²) in [5, 5.41) is 0. The Kier molecular flexibility index (Phi) is 11.9. The molecular formula is C44H8F20N4Zn. The van der Waals surface area contributed by atoms with Gasteiger partial charge in [0.1, 0.15) is 0 Å². The van der Waals surface area contributed by atoms with Crippen LogP contribution >= 0.6 is 0 Å². The second-order valence-corrected chi connectivity index (χ2v) is 14.1. The molecule has 2 aliphatic heterocycles. The van der Waals surface area contributed by atoms with E-state index in [1.165, 1.54) is 0 Å². The molecule has 0 atom stereocenters. The predicted octanol–water partition coefficient (Wildman–Crippen LogP) is 13.4. The molecule has 0 N–H and O–H groups in total. The fraction of sp³-hybridized carbons (Fsp3) is 0. The van der Waals surface area contributed by atoms with Crippen molar-refractivity contribution >= 4 is 46.4 Å². The number of nitrogens with zero attached hydrogens (tertiary/aromatic N) is 4. The van der Waals surface area contributed by atoms with Gasteiger partial charge in [0.05, 0.1) is 45.0 Å². The first-order chi connectivity index (χ1) is 32.1. The number of halogens is 20. The molecule has 5 heterocycles. The summed E-state index contributed by atoms with van der Waals surface area (Å²) in [5.41, 5.74) is -21.6. The largest absolute Gasteiger partial charge is 2.00 e. The van der Waals surface area contributed by atoms with E-state index in [1.54, 1.807) is 0 Å². The van der Waals surface area contributed by atoms with E-state index in [0.717, 1.165) is 0 Å². The van der Waals surface area contributed by atoms with E-state index in [-0.39, 0.29) is 19.5 Å². The first kappa shape index (κ1) is 48.2. The smallest absolute Gasteiger partial charge is 0.657 e. The molecule has 0 fully saturated rings. The van der Waals surface area contributed by atoms with Crippen LogP contribution in [0.2, 0.25) is 0 Å². The molecule has 0 saturated heterocycles. The Morgan fingerprint density at radius 3 is 0.522 bits per heavy atom. The SMILES string of the molecule is Fc1c(F)c(F)c(-c2c3nc(c(-c4c(F)c(F)c(F)c(F)c4F)c4ccc([n-]4)c(-c4c(F)c(F)c(F)c(F)c4F)c4nc(c(-c5c(F)c(F)c(F)c(F)c5F)c5ccc2[n-]5)C=C4)C=C3)c(F)c1F.[Zn+2]. The molecule has 0 spiro atoms. The van der Waals surface area contributed by atoms with Gasteiger partial charge in [0, 0.05) is 0 Å². The Morgan fingerprint density at radius 1 is 0.217 bits per heavy atom. The second kappa shape index (κ2) is 17.0. The van der Waals surface area contributed by atoms with E-state index in [2.05, 4.69) is 19.9 Å². The maximum atomic E-state index is 15.8. The van der Waals surface area contributed by atoms with Gasteiger partial charge in [0.25, 0.3) is 0 Å². The minimum absolute atomic E-state index is 0. The first-order valence-corrected chi connectivity index (χ1v) is 18.2. The van der Waals surface area contributed by atoms with Crippen LogP contribution in [-0.4, -0.2) is 9.97 Å². The van der Waals surface area contributed by atoms with Crippen LogP contribution in [-0.2, 0) is 19.5 Å². The van der Waals surface area contributed by atoms with Gasteiger partial charge in [-0.05, 0) is 46.6 Å². The van der Waals surface area contributed by atoms with E-state index in [1.807, 2.05) is 0 Å². The molecule has 4 aromatic carbocycles. The molecule has 346 valence electrons. The number of rotatable bonds is 4. The van der Waals surface area contributed by atoms with Gasteiger partial charge in [-0.1, -0.05) is 24.3 Å². The molecule has 4 nitrogen and oxygen atoms in total. The van der Waals surface area contributed by atoms with Crippen LogP contribution in [0.5, 0.6) is 0 Å². The van der Waals surface area contributed by atoms with Gasteiger partial charge in [-0.15, -0.1) is 22.1 Å². The average Bonchev–Trinajstić information content (AvgIpc) is 4.18. The van der Waals surface area contributed by atoms with Crippen LogP contribution in [0, 0.1) is 116 Å². The number of benzene rings is 4. The van der Waals surface area contributed by atoms with Crippen molar-refractivity contribution in [3.05, 3.63) is 163 Å². The van der Waals surface area contributed by atoms with Crippen molar-refractivity contribution < 1.29 is 107 Å². The van der Waals surface area contributed by atoms with Crippen LogP contribution in [0.4, 0.5) is 87.8 Å². The van der Waals surface area contributed by atoms with Gasteiger partial charge < -0.3 is 9.97 Å². The number of aromatic nitrogens is 4. The molecule has 0 saturated carbocycles. The third-order valence-electron chi connectivity index (χ3n) is 10.4. The molecule has 0 aliphatic carbocycles. The molecule has 3 aromatic heterocycles. The Balaban J connectivity index is 0.00000642. The van der Waals surface area contributed by atoms with Gasteiger partial charge in [0.15, 0.2) is 93.1 Å². The van der Waals surface area contributed by atoms with Crippen molar-refractivity contribution in [1.82, 2.24) is 19.9 Å². The summed E-state index contributed by atoms with van der Waals surface area (Å²) in [6, 6.07) is 2.26. The first-order valence-electron chi connectivity index (χ1n) is 18.2. The monoisotopic (exact) mass is 1040 g/mol. The molecule has 2 aliphatic rings. The Hall–Kier alpha value is -7.30. The van der Waals surface area contributed by atoms with Crippen LogP contribution in [0.3, 0.4) is 0 Å². The predicted molar refractivity (Wildman–Crippen MR) is 198 cm³/mol. The number of hydrogen-bond acceptors (Lipinski definition) is 2. The van der Waals surface area contributed by atoms with E-state index in [9.17, 15) is 52.7 Å². The Morgan fingerprint density at radius 2 is 0.362 bits per heavy atom. The van der Waals surface area contributed by atoms with Gasteiger partial charge in [0.2, 0.25) is 23.3 Å². The van der Waals surface area contributed by atoms with Crippen molar-refractivity contribution in [1.29, 1.82) is 0 Å². The van der Waals surface area contributed by atoms with Crippen molar-refractivity contribution in [2.75, 3.05) is 0 Å². The van der Waals surface area contributed by atoms with E-state index < -0.39 is 206 Å². The van der Waals surface area contributed by atoms with Crippen LogP contribution in [0.1, 0.15) is 22.8 Å². The minimum atomic E-state index is -2.73. The van der Waals surface area contributed by atoms with Crippen LogP contribution in [0.15, 0.2) is 24.3 Å². The standard InChI is InChI=1S/C44H8F20N4.Zn/c45-25-21(26(46)34(54)41(61)33(25)53)17-9-1-2-10(65-9)18(22-27(47)35(55)42(62)36(56)28(22)48)12-5-6-14(67-12)20(24-31(51)39(59)44(64)40(60)32(24)52)16-8-7-15(68-16)19(13-4-3-11(17)66-13)23-29(49)37(57)43(63)38(58)30(23)50;/h1-8H;/q-2;+2. The summed E-state index contributed by atoms with van der Waals surface area (Å²) < 4.78 is 303. The molecular weight excluding hydrogens is 1030 g/mol. The maximum absolute atomic E-state index is 15.8. The molecule has 0 amide bonds.